The van der Waals surface area contributed by atoms with E-state index in [-0.39, 0.29) is 0 Å². The minimum atomic E-state index is -1.87. The Labute approximate surface area is 191 Å². The van der Waals surface area contributed by atoms with E-state index in [0.29, 0.717) is 11.1 Å². The zero-order chi connectivity index (χ0) is 22.7. The van der Waals surface area contributed by atoms with Crippen molar-refractivity contribution < 1.29 is 9.90 Å². The van der Waals surface area contributed by atoms with E-state index in [1.54, 1.807) is 54.7 Å². The van der Waals surface area contributed by atoms with Gasteiger partial charge < -0.3 is 5.11 Å². The molecule has 33 heavy (non-hydrogen) atoms. The minimum Gasteiger partial charge on any atom is -0.372 e. The molecule has 0 saturated heterocycles. The molecule has 0 aliphatic rings. The number of hydrogen-bond donors (Lipinski definition) is 2. The number of nitrogens with one attached hydrogen (secondary N) is 1. The first-order valence-corrected chi connectivity index (χ1v) is 10.8. The zero-order valence-electron chi connectivity index (χ0n) is 17.8. The van der Waals surface area contributed by atoms with Gasteiger partial charge in [-0.15, -0.1) is 0 Å². The molecule has 5 aromatic carbocycles. The third kappa shape index (κ3) is 3.77. The molecule has 4 nitrogen and oxygen atoms in total. The summed E-state index contributed by atoms with van der Waals surface area (Å²) in [7, 11) is 0. The quantitative estimate of drug-likeness (QED) is 0.223. The topological polar surface area (TPSA) is 61.7 Å². The smallest absolute Gasteiger partial charge is 0.281 e. The Bertz CT molecular complexity index is 1370. The van der Waals surface area contributed by atoms with Crippen LogP contribution in [-0.4, -0.2) is 17.2 Å². The van der Waals surface area contributed by atoms with Crippen LogP contribution in [0.15, 0.2) is 120 Å². The molecular formula is C29H22N2O2. The molecule has 0 fully saturated rings. The first-order valence-electron chi connectivity index (χ1n) is 10.8. The molecule has 0 heterocycles. The molecular weight excluding hydrogens is 408 g/mol. The van der Waals surface area contributed by atoms with Crippen LogP contribution in [0.1, 0.15) is 16.7 Å². The van der Waals surface area contributed by atoms with Crippen LogP contribution < -0.4 is 5.43 Å². The average molecular weight is 431 g/mol. The lowest BCUT2D eigenvalue weighted by atomic mass is 9.85. The average Bonchev–Trinajstić information content (AvgIpc) is 2.88. The van der Waals surface area contributed by atoms with Gasteiger partial charge in [-0.05, 0) is 38.7 Å². The molecule has 4 heteroatoms. The highest BCUT2D eigenvalue weighted by Gasteiger charge is 2.39. The summed E-state index contributed by atoms with van der Waals surface area (Å²) >= 11 is 0. The molecule has 5 aromatic rings. The fourth-order valence-electron chi connectivity index (χ4n) is 4.21. The van der Waals surface area contributed by atoms with Crippen molar-refractivity contribution in [2.75, 3.05) is 0 Å². The van der Waals surface area contributed by atoms with Gasteiger partial charge in [0, 0.05) is 5.56 Å². The fourth-order valence-corrected chi connectivity index (χ4v) is 4.21. The van der Waals surface area contributed by atoms with Gasteiger partial charge in [0.2, 0.25) is 0 Å². The second-order valence-corrected chi connectivity index (χ2v) is 7.87. The molecule has 1 amide bonds. The summed E-state index contributed by atoms with van der Waals surface area (Å²) in [6.45, 7) is 0. The minimum absolute atomic E-state index is 0.472. The fraction of sp³-hybridized carbons (Fsp3) is 0.0345. The number of carbonyl (C=O) groups excluding carboxylic acids is 1. The standard InChI is InChI=1S/C29H22N2O2/c32-28(29(33,23-13-3-1-4-14-23)24-15-5-2-6-16-24)31-30-20-27-25-17-9-7-11-21(25)19-22-12-8-10-18-26(22)27/h1-20,33H,(H,31,32)/b30-20+. The number of hydrazone groups is 1. The van der Waals surface area contributed by atoms with Gasteiger partial charge in [-0.3, -0.25) is 4.79 Å². The molecule has 0 spiro atoms. The van der Waals surface area contributed by atoms with E-state index in [9.17, 15) is 9.90 Å². The van der Waals surface area contributed by atoms with E-state index in [4.69, 9.17) is 0 Å². The van der Waals surface area contributed by atoms with Gasteiger partial charge in [-0.25, -0.2) is 5.43 Å². The number of carbonyl (C=O) groups is 1. The second kappa shape index (κ2) is 8.69. The molecule has 0 atom stereocenters. The third-order valence-electron chi connectivity index (χ3n) is 5.88. The van der Waals surface area contributed by atoms with E-state index in [1.807, 2.05) is 48.5 Å². The Kier molecular flexibility index (Phi) is 5.43. The van der Waals surface area contributed by atoms with Gasteiger partial charge in [0.05, 0.1) is 6.21 Å². The van der Waals surface area contributed by atoms with Crippen molar-refractivity contribution in [3.05, 3.63) is 132 Å². The Morgan fingerprint density at radius 2 is 1.15 bits per heavy atom. The van der Waals surface area contributed by atoms with Gasteiger partial charge in [0.1, 0.15) is 0 Å². The summed E-state index contributed by atoms with van der Waals surface area (Å²) in [6, 6.07) is 36.1. The van der Waals surface area contributed by atoms with Crippen LogP contribution in [0, 0.1) is 0 Å². The van der Waals surface area contributed by atoms with Gasteiger partial charge in [-0.1, -0.05) is 109 Å². The van der Waals surface area contributed by atoms with Gasteiger partial charge in [0.25, 0.3) is 5.91 Å². The van der Waals surface area contributed by atoms with Crippen LogP contribution in [-0.2, 0) is 10.4 Å². The molecule has 0 bridgehead atoms. The van der Waals surface area contributed by atoms with Crippen LogP contribution in [0.5, 0.6) is 0 Å². The summed E-state index contributed by atoms with van der Waals surface area (Å²) in [5.74, 6) is -0.624. The SMILES string of the molecule is O=C(N/N=C/c1c2ccccc2cc2ccccc12)C(O)(c1ccccc1)c1ccccc1. The molecule has 0 saturated carbocycles. The highest BCUT2D eigenvalue weighted by atomic mass is 16.3. The van der Waals surface area contributed by atoms with Gasteiger partial charge in [-0.2, -0.15) is 5.10 Å². The van der Waals surface area contributed by atoms with Crippen LogP contribution in [0.3, 0.4) is 0 Å². The zero-order valence-corrected chi connectivity index (χ0v) is 17.8. The largest absolute Gasteiger partial charge is 0.372 e. The Hall–Kier alpha value is -4.28. The second-order valence-electron chi connectivity index (χ2n) is 7.87. The van der Waals surface area contributed by atoms with Crippen molar-refractivity contribution in [1.82, 2.24) is 5.43 Å². The van der Waals surface area contributed by atoms with Gasteiger partial charge in [0.15, 0.2) is 5.60 Å². The lowest BCUT2D eigenvalue weighted by Crippen LogP contribution is -2.43. The lowest BCUT2D eigenvalue weighted by Gasteiger charge is -2.27. The maximum absolute atomic E-state index is 13.3. The predicted molar refractivity (Wildman–Crippen MR) is 133 cm³/mol. The number of amides is 1. The number of nitrogens with zero attached hydrogens (tertiary/aromatic N) is 1. The molecule has 160 valence electrons. The summed E-state index contributed by atoms with van der Waals surface area (Å²) in [5, 5.41) is 20.1. The monoisotopic (exact) mass is 430 g/mol. The van der Waals surface area contributed by atoms with Crippen molar-refractivity contribution >= 4 is 33.7 Å². The predicted octanol–water partition coefficient (Wildman–Crippen LogP) is 5.38. The highest BCUT2D eigenvalue weighted by molar-refractivity contribution is 6.13. The van der Waals surface area contributed by atoms with Gasteiger partial charge >= 0.3 is 0 Å². The maximum Gasteiger partial charge on any atom is 0.281 e. The van der Waals surface area contributed by atoms with Crippen molar-refractivity contribution in [3.63, 3.8) is 0 Å². The summed E-state index contributed by atoms with van der Waals surface area (Å²) < 4.78 is 0. The summed E-state index contributed by atoms with van der Waals surface area (Å²) in [6.07, 6.45) is 1.65. The molecule has 0 aromatic heterocycles. The number of aliphatic hydroxyl groups is 1. The first-order chi connectivity index (χ1) is 16.2. The highest BCUT2D eigenvalue weighted by Crippen LogP contribution is 2.30. The van der Waals surface area contributed by atoms with E-state index < -0.39 is 11.5 Å². The van der Waals surface area contributed by atoms with Crippen molar-refractivity contribution in [3.8, 4) is 0 Å². The summed E-state index contributed by atoms with van der Waals surface area (Å²) in [4.78, 5) is 13.3. The van der Waals surface area contributed by atoms with Crippen molar-refractivity contribution in [1.29, 1.82) is 0 Å². The van der Waals surface area contributed by atoms with Crippen LogP contribution in [0.4, 0.5) is 0 Å². The maximum atomic E-state index is 13.3. The molecule has 2 N–H and O–H groups in total. The Morgan fingerprint density at radius 3 is 1.67 bits per heavy atom. The van der Waals surface area contributed by atoms with E-state index >= 15 is 0 Å². The van der Waals surface area contributed by atoms with E-state index in [2.05, 4.69) is 28.7 Å². The first kappa shape index (κ1) is 20.6. The number of fused-ring (bicyclic) bond motifs is 2. The molecule has 0 aliphatic heterocycles. The van der Waals surface area contributed by atoms with Crippen LogP contribution in [0.2, 0.25) is 0 Å². The summed E-state index contributed by atoms with van der Waals surface area (Å²) in [5.41, 5.74) is 2.56. The number of rotatable bonds is 5. The lowest BCUT2D eigenvalue weighted by molar-refractivity contribution is -0.136. The molecule has 0 radical (unpaired) electrons. The van der Waals surface area contributed by atoms with Crippen LogP contribution >= 0.6 is 0 Å². The number of benzene rings is 5. The molecule has 0 aliphatic carbocycles. The van der Waals surface area contributed by atoms with E-state index in [1.165, 1.54) is 0 Å². The van der Waals surface area contributed by atoms with Crippen molar-refractivity contribution in [2.24, 2.45) is 5.10 Å². The molecule has 0 unspecified atom stereocenters. The third-order valence-corrected chi connectivity index (χ3v) is 5.88. The van der Waals surface area contributed by atoms with Crippen LogP contribution in [0.25, 0.3) is 21.5 Å². The normalized spacial score (nSPS) is 11.8. The van der Waals surface area contributed by atoms with Crippen molar-refractivity contribution in [2.45, 2.75) is 5.60 Å². The Morgan fingerprint density at radius 1 is 0.697 bits per heavy atom. The number of hydrogen-bond acceptors (Lipinski definition) is 3. The van der Waals surface area contributed by atoms with E-state index in [0.717, 1.165) is 27.1 Å². The molecule has 5 rings (SSSR count). The Balaban J connectivity index is 1.54.